The number of hydrogen-bond acceptors (Lipinski definition) is 4. The number of nitrogens with zero attached hydrogens (tertiary/aromatic N) is 1. The fourth-order valence-corrected chi connectivity index (χ4v) is 2.60. The van der Waals surface area contributed by atoms with Gasteiger partial charge in [-0.25, -0.2) is 4.98 Å². The molecule has 1 aromatic rings. The molecule has 0 bridgehead atoms. The van der Waals surface area contributed by atoms with Crippen LogP contribution in [0.4, 0.5) is 0 Å². The van der Waals surface area contributed by atoms with Gasteiger partial charge in [0.15, 0.2) is 0 Å². The van der Waals surface area contributed by atoms with Gasteiger partial charge in [0.25, 0.3) is 0 Å². The predicted octanol–water partition coefficient (Wildman–Crippen LogP) is 2.39. The molecule has 0 aliphatic heterocycles. The zero-order chi connectivity index (χ0) is 14.7. The minimum atomic E-state index is -0.892. The maximum atomic E-state index is 12.0. The van der Waals surface area contributed by atoms with Crippen LogP contribution in [-0.4, -0.2) is 22.0 Å². The zero-order valence-corrected chi connectivity index (χ0v) is 12.5. The minimum Gasteiger partial charge on any atom is -0.481 e. The Kier molecular flexibility index (Phi) is 4.68. The van der Waals surface area contributed by atoms with Crippen LogP contribution >= 0.6 is 11.3 Å². The Morgan fingerprint density at radius 1 is 1.32 bits per heavy atom. The lowest BCUT2D eigenvalue weighted by molar-refractivity contribution is -0.139. The van der Waals surface area contributed by atoms with Gasteiger partial charge in [-0.1, -0.05) is 13.8 Å². The van der Waals surface area contributed by atoms with Crippen molar-refractivity contribution in [3.05, 3.63) is 16.6 Å². The largest absolute Gasteiger partial charge is 0.481 e. The summed E-state index contributed by atoms with van der Waals surface area (Å²) in [6, 6.07) is 0. The third-order valence-corrected chi connectivity index (χ3v) is 3.78. The molecule has 0 fully saturated rings. The summed E-state index contributed by atoms with van der Waals surface area (Å²) in [5.74, 6) is -1.05. The Balaban J connectivity index is 2.63. The number of nitrogens with one attached hydrogen (secondary N) is 1. The maximum absolute atomic E-state index is 12.0. The molecular weight excluding hydrogens is 264 g/mol. The Bertz CT molecular complexity index is 452. The van der Waals surface area contributed by atoms with E-state index in [1.807, 2.05) is 19.2 Å². The van der Waals surface area contributed by atoms with Gasteiger partial charge >= 0.3 is 5.97 Å². The van der Waals surface area contributed by atoms with Gasteiger partial charge in [0.1, 0.15) is 5.01 Å². The number of carboxylic acid groups (broad SMARTS) is 1. The molecule has 2 N–H and O–H groups in total. The van der Waals surface area contributed by atoms with E-state index in [9.17, 15) is 9.59 Å². The molecule has 5 nitrogen and oxygen atoms in total. The molecule has 1 rings (SSSR count). The van der Waals surface area contributed by atoms with Crippen molar-refractivity contribution in [2.75, 3.05) is 0 Å². The number of thiazole rings is 1. The number of carbonyl (C=O) groups is 2. The second kappa shape index (κ2) is 5.69. The molecule has 0 radical (unpaired) electrons. The highest BCUT2D eigenvalue weighted by atomic mass is 32.1. The molecule has 6 heteroatoms. The molecule has 0 aromatic carbocycles. The van der Waals surface area contributed by atoms with Gasteiger partial charge in [0.2, 0.25) is 5.91 Å². The van der Waals surface area contributed by atoms with Crippen molar-refractivity contribution in [3.8, 4) is 0 Å². The Labute approximate surface area is 117 Å². The highest BCUT2D eigenvalue weighted by molar-refractivity contribution is 7.09. The molecule has 19 heavy (non-hydrogen) atoms. The maximum Gasteiger partial charge on any atom is 0.303 e. The summed E-state index contributed by atoms with van der Waals surface area (Å²) in [6.45, 7) is 7.32. The quantitative estimate of drug-likeness (QED) is 0.840. The van der Waals surface area contributed by atoms with Crippen LogP contribution in [0.3, 0.4) is 0 Å². The van der Waals surface area contributed by atoms with Gasteiger partial charge in [0, 0.05) is 18.0 Å². The lowest BCUT2D eigenvalue weighted by Gasteiger charge is -2.27. The summed E-state index contributed by atoms with van der Waals surface area (Å²) >= 11 is 1.48. The van der Waals surface area contributed by atoms with Crippen molar-refractivity contribution in [1.29, 1.82) is 0 Å². The van der Waals surface area contributed by atoms with Crippen molar-refractivity contribution in [2.45, 2.75) is 46.1 Å². The van der Waals surface area contributed by atoms with Crippen LogP contribution in [0.5, 0.6) is 0 Å². The Morgan fingerprint density at radius 2 is 1.95 bits per heavy atom. The number of carbonyl (C=O) groups excluding carboxylic acids is 1. The van der Waals surface area contributed by atoms with Crippen molar-refractivity contribution >= 4 is 23.2 Å². The third-order valence-electron chi connectivity index (χ3n) is 2.69. The topological polar surface area (TPSA) is 79.3 Å². The minimum absolute atomic E-state index is 0.0297. The molecule has 0 aliphatic rings. The Hall–Kier alpha value is -1.43. The van der Waals surface area contributed by atoms with E-state index >= 15 is 0 Å². The van der Waals surface area contributed by atoms with Gasteiger partial charge in [-0.3, -0.25) is 9.59 Å². The molecule has 106 valence electrons. The average molecular weight is 284 g/mol. The highest BCUT2D eigenvalue weighted by Gasteiger charge is 2.30. The van der Waals surface area contributed by atoms with Crippen molar-refractivity contribution < 1.29 is 14.7 Å². The van der Waals surface area contributed by atoms with Gasteiger partial charge in [-0.2, -0.15) is 0 Å². The molecule has 0 atom stereocenters. The number of amides is 1. The first-order chi connectivity index (χ1) is 8.62. The predicted molar refractivity (Wildman–Crippen MR) is 73.9 cm³/mol. The lowest BCUT2D eigenvalue weighted by Crippen LogP contribution is -2.42. The fraction of sp³-hybridized carbons (Fsp3) is 0.615. The smallest absolute Gasteiger partial charge is 0.303 e. The number of hydrogen-bond donors (Lipinski definition) is 2. The van der Waals surface area contributed by atoms with E-state index in [1.54, 1.807) is 20.0 Å². The molecule has 1 heterocycles. The standard InChI is InChI=1S/C13H20N2O3S/c1-12(2,8-10(17)18)7-9(16)15-13(3,4)11-14-5-6-19-11/h5-6H,7-8H2,1-4H3,(H,15,16)(H,17,18). The Morgan fingerprint density at radius 3 is 2.42 bits per heavy atom. The fourth-order valence-electron chi connectivity index (χ4n) is 1.88. The van der Waals surface area contributed by atoms with E-state index in [1.165, 1.54) is 11.3 Å². The molecule has 0 spiro atoms. The van der Waals surface area contributed by atoms with E-state index in [0.29, 0.717) is 0 Å². The van der Waals surface area contributed by atoms with E-state index in [2.05, 4.69) is 10.3 Å². The van der Waals surface area contributed by atoms with Crippen LogP contribution in [0.1, 0.15) is 45.5 Å². The second-order valence-corrected chi connectivity index (χ2v) is 6.82. The summed E-state index contributed by atoms with van der Waals surface area (Å²) in [4.78, 5) is 26.9. The van der Waals surface area contributed by atoms with Crippen LogP contribution in [0, 0.1) is 5.41 Å². The summed E-state index contributed by atoms with van der Waals surface area (Å²) < 4.78 is 0. The molecular formula is C13H20N2O3S. The lowest BCUT2D eigenvalue weighted by atomic mass is 9.85. The molecule has 0 saturated carbocycles. The number of aromatic nitrogens is 1. The van der Waals surface area contributed by atoms with Crippen LogP contribution < -0.4 is 5.32 Å². The van der Waals surface area contributed by atoms with Crippen molar-refractivity contribution in [1.82, 2.24) is 10.3 Å². The molecule has 0 saturated heterocycles. The van der Waals surface area contributed by atoms with E-state index in [4.69, 9.17) is 5.11 Å². The SMILES string of the molecule is CC(C)(CC(=O)O)CC(=O)NC(C)(C)c1nccs1. The van der Waals surface area contributed by atoms with E-state index in [-0.39, 0.29) is 18.7 Å². The van der Waals surface area contributed by atoms with Crippen LogP contribution in [-0.2, 0) is 15.1 Å². The summed E-state index contributed by atoms with van der Waals surface area (Å²) in [5.41, 5.74) is -1.10. The summed E-state index contributed by atoms with van der Waals surface area (Å²) in [7, 11) is 0. The first-order valence-electron chi connectivity index (χ1n) is 6.05. The van der Waals surface area contributed by atoms with Crippen LogP contribution in [0.15, 0.2) is 11.6 Å². The van der Waals surface area contributed by atoms with E-state index < -0.39 is 16.9 Å². The van der Waals surface area contributed by atoms with Gasteiger partial charge in [0.05, 0.1) is 12.0 Å². The first-order valence-corrected chi connectivity index (χ1v) is 6.93. The number of carboxylic acids is 1. The molecule has 1 amide bonds. The number of rotatable bonds is 6. The normalized spacial score (nSPS) is 12.2. The van der Waals surface area contributed by atoms with Crippen molar-refractivity contribution in [2.24, 2.45) is 5.41 Å². The van der Waals surface area contributed by atoms with Gasteiger partial charge in [-0.15, -0.1) is 11.3 Å². The summed E-state index contributed by atoms with van der Waals surface area (Å²) in [5, 5.41) is 14.4. The van der Waals surface area contributed by atoms with Crippen LogP contribution in [0.25, 0.3) is 0 Å². The molecule has 0 unspecified atom stereocenters. The van der Waals surface area contributed by atoms with Crippen molar-refractivity contribution in [3.63, 3.8) is 0 Å². The first kappa shape index (κ1) is 15.6. The second-order valence-electron chi connectivity index (χ2n) is 5.92. The monoisotopic (exact) mass is 284 g/mol. The van der Waals surface area contributed by atoms with Crippen LogP contribution in [0.2, 0.25) is 0 Å². The van der Waals surface area contributed by atoms with Gasteiger partial charge in [-0.05, 0) is 19.3 Å². The highest BCUT2D eigenvalue weighted by Crippen LogP contribution is 2.27. The third kappa shape index (κ3) is 4.98. The zero-order valence-electron chi connectivity index (χ0n) is 11.7. The molecule has 1 aromatic heterocycles. The average Bonchev–Trinajstić information content (AvgIpc) is 2.64. The van der Waals surface area contributed by atoms with E-state index in [0.717, 1.165) is 5.01 Å². The van der Waals surface area contributed by atoms with Gasteiger partial charge < -0.3 is 10.4 Å². The number of aliphatic carboxylic acids is 1. The molecule has 0 aliphatic carbocycles. The summed E-state index contributed by atoms with van der Waals surface area (Å²) in [6.07, 6.45) is 1.84.